The summed E-state index contributed by atoms with van der Waals surface area (Å²) >= 11 is 1.19. The number of esters is 2. The number of ether oxygens (including phenoxy) is 2. The Hall–Kier alpha value is -2.48. The number of carbonyl (C=O) groups is 2. The first-order valence-electron chi connectivity index (χ1n) is 6.92. The third-order valence-corrected chi connectivity index (χ3v) is 3.63. The Morgan fingerprint density at radius 2 is 1.91 bits per heavy atom. The van der Waals surface area contributed by atoms with Gasteiger partial charge in [-0.3, -0.25) is 0 Å². The van der Waals surface area contributed by atoms with E-state index in [-0.39, 0.29) is 24.6 Å². The minimum absolute atomic E-state index is 0.135. The molecular weight excluding hydrogens is 323 g/mol. The molecule has 0 saturated heterocycles. The molecule has 0 fully saturated rings. The number of benzene rings is 1. The summed E-state index contributed by atoms with van der Waals surface area (Å²) in [5.41, 5.74) is 0.347. The van der Waals surface area contributed by atoms with Gasteiger partial charge in [-0.05, 0) is 32.0 Å². The van der Waals surface area contributed by atoms with Gasteiger partial charge >= 0.3 is 11.9 Å². The topological polar surface area (TPSA) is 77.5 Å². The fraction of sp³-hybridized carbons (Fsp3) is 0.267. The van der Waals surface area contributed by atoms with Gasteiger partial charge in [0.15, 0.2) is 10.7 Å². The summed E-state index contributed by atoms with van der Waals surface area (Å²) in [6, 6.07) is 4.22. The highest BCUT2D eigenvalue weighted by Gasteiger charge is 2.21. The SMILES string of the molecule is CCOC(=O)C(=CNc1nc2ccc(F)cc2s1)C(=O)OCC. The van der Waals surface area contributed by atoms with E-state index in [1.54, 1.807) is 19.9 Å². The molecule has 8 heteroatoms. The fourth-order valence-corrected chi connectivity index (χ4v) is 2.57. The number of rotatable bonds is 6. The molecule has 23 heavy (non-hydrogen) atoms. The van der Waals surface area contributed by atoms with E-state index in [4.69, 9.17) is 9.47 Å². The second-order valence-electron chi connectivity index (χ2n) is 4.27. The average Bonchev–Trinajstić information content (AvgIpc) is 2.89. The van der Waals surface area contributed by atoms with Gasteiger partial charge in [-0.15, -0.1) is 0 Å². The molecule has 1 aromatic heterocycles. The number of carbonyl (C=O) groups excluding carboxylic acids is 2. The van der Waals surface area contributed by atoms with Crippen LogP contribution in [-0.2, 0) is 19.1 Å². The standard InChI is InChI=1S/C15H15FN2O4S/c1-3-21-13(19)10(14(20)22-4-2)8-17-15-18-11-6-5-9(16)7-12(11)23-15/h5-8H,3-4H2,1-2H3,(H,17,18). The summed E-state index contributed by atoms with van der Waals surface area (Å²) < 4.78 is 23.5. The molecule has 0 unspecified atom stereocenters. The fourth-order valence-electron chi connectivity index (χ4n) is 1.71. The molecule has 0 radical (unpaired) electrons. The Bertz CT molecular complexity index is 737. The van der Waals surface area contributed by atoms with Crippen LogP contribution >= 0.6 is 11.3 Å². The second kappa shape index (κ2) is 7.68. The number of thiazole rings is 1. The van der Waals surface area contributed by atoms with Crippen molar-refractivity contribution in [1.29, 1.82) is 0 Å². The number of anilines is 1. The summed E-state index contributed by atoms with van der Waals surface area (Å²) in [7, 11) is 0. The largest absolute Gasteiger partial charge is 0.462 e. The number of nitrogens with one attached hydrogen (secondary N) is 1. The quantitative estimate of drug-likeness (QED) is 0.378. The first-order chi connectivity index (χ1) is 11.0. The predicted octanol–water partition coefficient (Wildman–Crippen LogP) is 2.86. The van der Waals surface area contributed by atoms with Crippen LogP contribution < -0.4 is 5.32 Å². The maximum absolute atomic E-state index is 13.2. The lowest BCUT2D eigenvalue weighted by molar-refractivity contribution is -0.146. The van der Waals surface area contributed by atoms with Crippen LogP contribution in [0.15, 0.2) is 30.0 Å². The molecule has 0 saturated carbocycles. The molecule has 0 aliphatic rings. The molecule has 1 aromatic carbocycles. The van der Waals surface area contributed by atoms with E-state index in [2.05, 4.69) is 10.3 Å². The normalized spacial score (nSPS) is 10.2. The summed E-state index contributed by atoms with van der Waals surface area (Å²) in [6.45, 7) is 3.54. The molecule has 0 aliphatic heterocycles. The highest BCUT2D eigenvalue weighted by Crippen LogP contribution is 2.26. The van der Waals surface area contributed by atoms with Crippen molar-refractivity contribution in [3.8, 4) is 0 Å². The minimum Gasteiger partial charge on any atom is -0.462 e. The number of halogens is 1. The van der Waals surface area contributed by atoms with Gasteiger partial charge < -0.3 is 14.8 Å². The Kier molecular flexibility index (Phi) is 5.64. The van der Waals surface area contributed by atoms with Crippen LogP contribution in [0, 0.1) is 5.82 Å². The van der Waals surface area contributed by atoms with E-state index < -0.39 is 11.9 Å². The van der Waals surface area contributed by atoms with E-state index in [0.29, 0.717) is 15.3 Å². The molecule has 1 N–H and O–H groups in total. The molecule has 0 aliphatic carbocycles. The van der Waals surface area contributed by atoms with Gasteiger partial charge in [-0.25, -0.2) is 19.0 Å². The molecule has 0 spiro atoms. The minimum atomic E-state index is -0.786. The predicted molar refractivity (Wildman–Crippen MR) is 84.5 cm³/mol. The Morgan fingerprint density at radius 3 is 2.52 bits per heavy atom. The van der Waals surface area contributed by atoms with Crippen LogP contribution in [0.2, 0.25) is 0 Å². The van der Waals surface area contributed by atoms with Gasteiger partial charge in [0, 0.05) is 6.20 Å². The number of aromatic nitrogens is 1. The number of hydrogen-bond donors (Lipinski definition) is 1. The van der Waals surface area contributed by atoms with Gasteiger partial charge in [0.1, 0.15) is 5.82 Å². The zero-order chi connectivity index (χ0) is 16.8. The summed E-state index contributed by atoms with van der Waals surface area (Å²) in [6.07, 6.45) is 1.18. The maximum Gasteiger partial charge on any atom is 0.347 e. The second-order valence-corrected chi connectivity index (χ2v) is 5.31. The summed E-state index contributed by atoms with van der Waals surface area (Å²) in [5, 5.41) is 3.17. The van der Waals surface area contributed by atoms with Gasteiger partial charge in [-0.2, -0.15) is 0 Å². The summed E-state index contributed by atoms with van der Waals surface area (Å²) in [5.74, 6) is -1.93. The Morgan fingerprint density at radius 1 is 1.26 bits per heavy atom. The van der Waals surface area contributed by atoms with Gasteiger partial charge in [-0.1, -0.05) is 11.3 Å². The van der Waals surface area contributed by atoms with Crippen LogP contribution in [0.4, 0.5) is 9.52 Å². The van der Waals surface area contributed by atoms with Crippen molar-refractivity contribution in [1.82, 2.24) is 4.98 Å². The van der Waals surface area contributed by atoms with Gasteiger partial charge in [0.25, 0.3) is 0 Å². The third-order valence-electron chi connectivity index (χ3n) is 2.68. The van der Waals surface area contributed by atoms with Crippen molar-refractivity contribution in [3.63, 3.8) is 0 Å². The first kappa shape index (κ1) is 16.9. The van der Waals surface area contributed by atoms with Crippen LogP contribution in [0.25, 0.3) is 10.2 Å². The highest BCUT2D eigenvalue weighted by atomic mass is 32.1. The zero-order valence-electron chi connectivity index (χ0n) is 12.6. The lowest BCUT2D eigenvalue weighted by atomic mass is 10.3. The molecule has 0 atom stereocenters. The molecule has 0 bridgehead atoms. The van der Waals surface area contributed by atoms with E-state index in [1.165, 1.54) is 29.7 Å². The molecule has 6 nitrogen and oxygen atoms in total. The van der Waals surface area contributed by atoms with Crippen molar-refractivity contribution in [2.24, 2.45) is 0 Å². The van der Waals surface area contributed by atoms with Crippen LogP contribution in [-0.4, -0.2) is 30.1 Å². The number of fused-ring (bicyclic) bond motifs is 1. The number of nitrogens with zero attached hydrogens (tertiary/aromatic N) is 1. The third kappa shape index (κ3) is 4.26. The van der Waals surface area contributed by atoms with Gasteiger partial charge in [0.2, 0.25) is 0 Å². The van der Waals surface area contributed by atoms with E-state index in [9.17, 15) is 14.0 Å². The maximum atomic E-state index is 13.2. The molecule has 0 amide bonds. The molecule has 2 aromatic rings. The van der Waals surface area contributed by atoms with Crippen molar-refractivity contribution < 1.29 is 23.5 Å². The lowest BCUT2D eigenvalue weighted by Crippen LogP contribution is -2.19. The van der Waals surface area contributed by atoms with Crippen LogP contribution in [0.1, 0.15) is 13.8 Å². The lowest BCUT2D eigenvalue weighted by Gasteiger charge is -2.06. The van der Waals surface area contributed by atoms with E-state index in [1.807, 2.05) is 0 Å². The average molecular weight is 338 g/mol. The molecule has 1 heterocycles. The monoisotopic (exact) mass is 338 g/mol. The van der Waals surface area contributed by atoms with Crippen molar-refractivity contribution in [2.75, 3.05) is 18.5 Å². The number of hydrogen-bond acceptors (Lipinski definition) is 7. The summed E-state index contributed by atoms with van der Waals surface area (Å²) in [4.78, 5) is 27.8. The van der Waals surface area contributed by atoms with Crippen LogP contribution in [0.5, 0.6) is 0 Å². The smallest absolute Gasteiger partial charge is 0.347 e. The molecule has 122 valence electrons. The van der Waals surface area contributed by atoms with Crippen molar-refractivity contribution in [3.05, 3.63) is 35.8 Å². The van der Waals surface area contributed by atoms with Crippen molar-refractivity contribution in [2.45, 2.75) is 13.8 Å². The molecular formula is C15H15FN2O4S. The first-order valence-corrected chi connectivity index (χ1v) is 7.73. The zero-order valence-corrected chi connectivity index (χ0v) is 13.4. The Balaban J connectivity index is 2.23. The Labute approximate surface area is 135 Å². The highest BCUT2D eigenvalue weighted by molar-refractivity contribution is 7.22. The molecule has 2 rings (SSSR count). The van der Waals surface area contributed by atoms with Crippen LogP contribution in [0.3, 0.4) is 0 Å². The van der Waals surface area contributed by atoms with Crippen molar-refractivity contribution >= 4 is 38.6 Å². The van der Waals surface area contributed by atoms with E-state index in [0.717, 1.165) is 0 Å². The van der Waals surface area contributed by atoms with E-state index >= 15 is 0 Å². The van der Waals surface area contributed by atoms with Gasteiger partial charge in [0.05, 0.1) is 23.4 Å².